The van der Waals surface area contributed by atoms with Gasteiger partial charge in [-0.25, -0.2) is 9.59 Å². The Hall–Kier alpha value is -2.95. The van der Waals surface area contributed by atoms with E-state index in [9.17, 15) is 24.3 Å². The van der Waals surface area contributed by atoms with Crippen LogP contribution in [0.3, 0.4) is 0 Å². The fraction of sp³-hybridized carbons (Fsp3) is 0.611. The number of rotatable bonds is 9. The zero-order valence-electron chi connectivity index (χ0n) is 31.1. The van der Waals surface area contributed by atoms with Gasteiger partial charge in [-0.15, -0.1) is 0 Å². The molecular formula is C36H50ClN3O10S2. The lowest BCUT2D eigenvalue weighted by Gasteiger charge is -2.42. The predicted octanol–water partition coefficient (Wildman–Crippen LogP) is 4.92. The third kappa shape index (κ3) is 9.40. The molecule has 16 heteroatoms. The van der Waals surface area contributed by atoms with E-state index in [4.69, 9.17) is 35.3 Å². The third-order valence-electron chi connectivity index (χ3n) is 10.0. The molecule has 0 radical (unpaired) electrons. The van der Waals surface area contributed by atoms with Gasteiger partial charge in [0.1, 0.15) is 40.7 Å². The number of anilines is 1. The van der Waals surface area contributed by atoms with Gasteiger partial charge in [0.15, 0.2) is 5.72 Å². The molecule has 8 atom stereocenters. The normalized spacial score (nSPS) is 31.6. The zero-order chi connectivity index (χ0) is 38.5. The maximum absolute atomic E-state index is 14.1. The molecular weight excluding hydrogens is 734 g/mol. The molecule has 3 amide bonds. The third-order valence-corrected chi connectivity index (χ3v) is 12.2. The topological polar surface area (TPSA) is 156 Å². The van der Waals surface area contributed by atoms with E-state index in [1.165, 1.54) is 31.1 Å². The van der Waals surface area contributed by atoms with Crippen LogP contribution in [0.4, 0.5) is 10.5 Å². The minimum Gasteiger partial charge on any atom is -0.495 e. The van der Waals surface area contributed by atoms with Gasteiger partial charge in [0, 0.05) is 45.7 Å². The number of fused-ring (bicyclic) bond motifs is 5. The summed E-state index contributed by atoms with van der Waals surface area (Å²) in [4.78, 5) is 56.2. The Balaban J connectivity index is 1.74. The van der Waals surface area contributed by atoms with Crippen LogP contribution in [-0.2, 0) is 39.8 Å². The van der Waals surface area contributed by atoms with E-state index in [2.05, 4.69) is 5.32 Å². The second-order valence-electron chi connectivity index (χ2n) is 13.6. The molecule has 288 valence electrons. The van der Waals surface area contributed by atoms with Crippen molar-refractivity contribution in [2.75, 3.05) is 45.2 Å². The molecule has 1 aromatic rings. The van der Waals surface area contributed by atoms with Crippen molar-refractivity contribution in [2.45, 2.75) is 95.2 Å². The van der Waals surface area contributed by atoms with E-state index in [-0.39, 0.29) is 30.2 Å². The largest absolute Gasteiger partial charge is 0.495 e. The molecule has 4 rings (SSSR count). The molecule has 1 aromatic carbocycles. The lowest BCUT2D eigenvalue weighted by Crippen LogP contribution is -2.63. The van der Waals surface area contributed by atoms with Gasteiger partial charge in [0.25, 0.3) is 0 Å². The highest BCUT2D eigenvalue weighted by molar-refractivity contribution is 8.76. The Labute approximate surface area is 318 Å². The standard InChI is InChI=1S/C36H50ClN3O10S2/c1-20-11-10-12-27(47-8)36(45)19-26(48-34(44)38-36)21(2)32-35(4,50-32)28(49-33(43)22(3)39(5)29(41)13-14-52-51-9)18-30(42)40(6)24-16-23(15-20)17-25(46-7)31(24)37/h10-12,16-17,21-22,26-28,32,45H,13-15,18-19H2,1-9H3,(H,38,44)/b12-10-,20-11+/t21-,22+,26+,27?,28?,32?,35+,36+/m1/s1. The maximum atomic E-state index is 14.1. The number of likely N-dealkylation sites (N-methyl/N-ethyl adjacent to an activating group) is 1. The molecule has 3 aliphatic heterocycles. The fourth-order valence-corrected chi connectivity index (χ4v) is 8.09. The maximum Gasteiger partial charge on any atom is 0.409 e. The highest BCUT2D eigenvalue weighted by Gasteiger charge is 2.64. The van der Waals surface area contributed by atoms with E-state index in [0.717, 1.165) is 11.1 Å². The highest BCUT2D eigenvalue weighted by atomic mass is 35.5. The number of nitrogens with zero attached hydrogens (tertiary/aromatic N) is 2. The second kappa shape index (κ2) is 17.5. The van der Waals surface area contributed by atoms with Crippen LogP contribution >= 0.6 is 33.2 Å². The number of nitrogens with one attached hydrogen (secondary N) is 1. The number of hydrogen-bond acceptors (Lipinski definition) is 12. The van der Waals surface area contributed by atoms with E-state index in [1.54, 1.807) is 73.7 Å². The molecule has 2 saturated heterocycles. The van der Waals surface area contributed by atoms with Crippen LogP contribution in [0.2, 0.25) is 5.02 Å². The minimum absolute atomic E-state index is 0.0452. The molecule has 52 heavy (non-hydrogen) atoms. The SMILES string of the molecule is COc1cc2cc(c1Cl)N(C)C(=O)CC(OC(=O)[C@H](C)N(C)C(=O)CCSSC)[C@]1(C)OC1[C@H](C)[C@@H]1C[C@@](O)(NC(=O)O1)C(OC)/C=C\C=C(/C)C2. The smallest absolute Gasteiger partial charge is 0.409 e. The number of aliphatic hydroxyl groups is 1. The first-order valence-corrected chi connectivity index (χ1v) is 20.1. The number of carbonyl (C=O) groups excluding carboxylic acids is 4. The summed E-state index contributed by atoms with van der Waals surface area (Å²) < 4.78 is 29.2. The van der Waals surface area contributed by atoms with E-state index in [0.29, 0.717) is 23.6 Å². The summed E-state index contributed by atoms with van der Waals surface area (Å²) >= 11 is 6.75. The van der Waals surface area contributed by atoms with Crippen molar-refractivity contribution in [3.8, 4) is 5.75 Å². The molecule has 13 nitrogen and oxygen atoms in total. The van der Waals surface area contributed by atoms with Gasteiger partial charge in [-0.3, -0.25) is 14.9 Å². The van der Waals surface area contributed by atoms with Gasteiger partial charge < -0.3 is 38.6 Å². The van der Waals surface area contributed by atoms with Crippen molar-refractivity contribution in [2.24, 2.45) is 5.92 Å². The average Bonchev–Trinajstić information content (AvgIpc) is 3.80. The quantitative estimate of drug-likeness (QED) is 0.151. The second-order valence-corrected chi connectivity index (χ2v) is 16.7. The molecule has 2 fully saturated rings. The first-order chi connectivity index (χ1) is 24.5. The predicted molar refractivity (Wildman–Crippen MR) is 202 cm³/mol. The van der Waals surface area contributed by atoms with E-state index in [1.807, 2.05) is 19.3 Å². The van der Waals surface area contributed by atoms with Gasteiger partial charge in [0.05, 0.1) is 25.3 Å². The summed E-state index contributed by atoms with van der Waals surface area (Å²) in [6.07, 6.45) is 3.17. The molecule has 3 heterocycles. The van der Waals surface area contributed by atoms with Crippen LogP contribution in [0.1, 0.15) is 52.5 Å². The van der Waals surface area contributed by atoms with Crippen LogP contribution in [0.15, 0.2) is 35.9 Å². The molecule has 0 spiro atoms. The lowest BCUT2D eigenvalue weighted by atomic mass is 9.83. The van der Waals surface area contributed by atoms with Crippen LogP contribution < -0.4 is 15.0 Å². The van der Waals surface area contributed by atoms with Gasteiger partial charge in [-0.1, -0.05) is 63.9 Å². The molecule has 2 N–H and O–H groups in total. The van der Waals surface area contributed by atoms with Gasteiger partial charge in [-0.2, -0.15) is 0 Å². The number of allylic oxidation sites excluding steroid dienone is 3. The van der Waals surface area contributed by atoms with E-state index < -0.39 is 65.7 Å². The van der Waals surface area contributed by atoms with Crippen molar-refractivity contribution < 1.29 is 48.0 Å². The van der Waals surface area contributed by atoms with Gasteiger partial charge >= 0.3 is 12.1 Å². The van der Waals surface area contributed by atoms with Crippen molar-refractivity contribution in [1.29, 1.82) is 0 Å². The number of halogens is 1. The Bertz CT molecular complexity index is 1580. The summed E-state index contributed by atoms with van der Waals surface area (Å²) in [5, 5.41) is 14.5. The number of esters is 1. The molecule has 4 bridgehead atoms. The summed E-state index contributed by atoms with van der Waals surface area (Å²) in [7, 11) is 9.14. The van der Waals surface area contributed by atoms with Crippen molar-refractivity contribution in [3.05, 3.63) is 46.5 Å². The number of hydrogen-bond donors (Lipinski definition) is 2. The summed E-state index contributed by atoms with van der Waals surface area (Å²) in [5.41, 5.74) is -0.884. The Morgan fingerprint density at radius 2 is 1.98 bits per heavy atom. The summed E-state index contributed by atoms with van der Waals surface area (Å²) in [6.45, 7) is 7.02. The number of epoxide rings is 1. The highest BCUT2D eigenvalue weighted by Crippen LogP contribution is 2.49. The monoisotopic (exact) mass is 783 g/mol. The number of amides is 3. The van der Waals surface area contributed by atoms with Crippen LogP contribution in [0, 0.1) is 5.92 Å². The molecule has 0 aromatic heterocycles. The first kappa shape index (κ1) is 41.8. The van der Waals surface area contributed by atoms with Crippen molar-refractivity contribution in [3.63, 3.8) is 0 Å². The van der Waals surface area contributed by atoms with E-state index >= 15 is 0 Å². The van der Waals surface area contributed by atoms with Gasteiger partial charge in [-0.05, 0) is 51.1 Å². The fourth-order valence-electron chi connectivity index (χ4n) is 6.61. The van der Waals surface area contributed by atoms with Crippen LogP contribution in [-0.4, -0.2) is 116 Å². The van der Waals surface area contributed by atoms with Gasteiger partial charge in [0.2, 0.25) is 11.8 Å². The van der Waals surface area contributed by atoms with Crippen LogP contribution in [0.25, 0.3) is 0 Å². The Morgan fingerprint density at radius 1 is 1.27 bits per heavy atom. The van der Waals surface area contributed by atoms with Crippen LogP contribution in [0.5, 0.6) is 5.75 Å². The number of methoxy groups -OCH3 is 2. The minimum atomic E-state index is -1.82. The molecule has 3 aliphatic rings. The Kier molecular flexibility index (Phi) is 14.0. The number of ether oxygens (including phenoxy) is 5. The van der Waals surface area contributed by atoms with Crippen molar-refractivity contribution >= 4 is 62.8 Å². The summed E-state index contributed by atoms with van der Waals surface area (Å²) in [6, 6.07) is 2.63. The first-order valence-electron chi connectivity index (χ1n) is 17.0. The molecule has 3 unspecified atom stereocenters. The molecule has 0 saturated carbocycles. The lowest BCUT2D eigenvalue weighted by molar-refractivity contribution is -0.161. The summed E-state index contributed by atoms with van der Waals surface area (Å²) in [5.74, 6) is -0.916. The number of carbonyl (C=O) groups is 4. The number of alkyl carbamates (subject to hydrolysis) is 1. The Morgan fingerprint density at radius 3 is 2.63 bits per heavy atom. The molecule has 0 aliphatic carbocycles. The van der Waals surface area contributed by atoms with Crippen molar-refractivity contribution in [1.82, 2.24) is 10.2 Å². The zero-order valence-corrected chi connectivity index (χ0v) is 33.5. The average molecular weight is 784 g/mol. The number of benzene rings is 1.